The summed E-state index contributed by atoms with van der Waals surface area (Å²) in [4.78, 5) is 15.1. The molecule has 2 aromatic rings. The van der Waals surface area contributed by atoms with Crippen molar-refractivity contribution < 1.29 is 9.53 Å². The SMILES string of the molecule is CCn1cc(C(=O)N2C[C@H]3CC(OC)C[C@H]3C2)c2ccccc21. The lowest BCUT2D eigenvalue weighted by Crippen LogP contribution is -2.30. The molecule has 4 rings (SSSR count). The van der Waals surface area contributed by atoms with Gasteiger partial charge in [-0.2, -0.15) is 0 Å². The van der Waals surface area contributed by atoms with Gasteiger partial charge >= 0.3 is 0 Å². The van der Waals surface area contributed by atoms with Gasteiger partial charge in [-0.15, -0.1) is 0 Å². The Labute approximate surface area is 137 Å². The molecule has 2 heterocycles. The summed E-state index contributed by atoms with van der Waals surface area (Å²) in [5, 5.41) is 1.08. The second kappa shape index (κ2) is 5.68. The Morgan fingerprint density at radius 1 is 1.22 bits per heavy atom. The maximum absolute atomic E-state index is 13.1. The zero-order valence-corrected chi connectivity index (χ0v) is 13.9. The number of methoxy groups -OCH3 is 1. The van der Waals surface area contributed by atoms with E-state index in [0.29, 0.717) is 17.9 Å². The van der Waals surface area contributed by atoms with Crippen molar-refractivity contribution in [1.82, 2.24) is 9.47 Å². The van der Waals surface area contributed by atoms with Crippen molar-refractivity contribution in [2.75, 3.05) is 20.2 Å². The van der Waals surface area contributed by atoms with E-state index < -0.39 is 0 Å². The monoisotopic (exact) mass is 312 g/mol. The minimum Gasteiger partial charge on any atom is -0.381 e. The smallest absolute Gasteiger partial charge is 0.256 e. The van der Waals surface area contributed by atoms with Crippen LogP contribution in [0.15, 0.2) is 30.5 Å². The molecule has 1 aromatic carbocycles. The number of nitrogens with zero attached hydrogens (tertiary/aromatic N) is 2. The predicted octanol–water partition coefficient (Wildman–Crippen LogP) is 3.16. The first-order valence-electron chi connectivity index (χ1n) is 8.61. The molecule has 0 spiro atoms. The average Bonchev–Trinajstić information content (AvgIpc) is 3.24. The van der Waals surface area contributed by atoms with Gasteiger partial charge in [0.05, 0.1) is 11.7 Å². The van der Waals surface area contributed by atoms with Crippen molar-refractivity contribution in [2.24, 2.45) is 11.8 Å². The average molecular weight is 312 g/mol. The van der Waals surface area contributed by atoms with Crippen LogP contribution in [-0.4, -0.2) is 41.7 Å². The van der Waals surface area contributed by atoms with E-state index >= 15 is 0 Å². The second-order valence-electron chi connectivity index (χ2n) is 6.91. The number of hydrogen-bond donors (Lipinski definition) is 0. The third-order valence-electron chi connectivity index (χ3n) is 5.69. The standard InChI is InChI=1S/C19H24N2O2/c1-3-20-12-17(16-6-4-5-7-18(16)20)19(22)21-10-13-8-15(23-2)9-14(13)11-21/h4-7,12-15H,3,8-11H2,1-2H3/t13-,14+,15?. The highest BCUT2D eigenvalue weighted by atomic mass is 16.5. The zero-order chi connectivity index (χ0) is 16.0. The molecule has 122 valence electrons. The van der Waals surface area contributed by atoms with Crippen LogP contribution >= 0.6 is 0 Å². The highest BCUT2D eigenvalue weighted by molar-refractivity contribution is 6.07. The topological polar surface area (TPSA) is 34.5 Å². The summed E-state index contributed by atoms with van der Waals surface area (Å²) in [6.07, 6.45) is 4.62. The van der Waals surface area contributed by atoms with E-state index in [-0.39, 0.29) is 5.91 Å². The predicted molar refractivity (Wildman–Crippen MR) is 90.5 cm³/mol. The number of hydrogen-bond acceptors (Lipinski definition) is 2. The molecule has 1 aliphatic carbocycles. The van der Waals surface area contributed by atoms with Gasteiger partial charge in [-0.25, -0.2) is 0 Å². The van der Waals surface area contributed by atoms with Crippen LogP contribution < -0.4 is 0 Å². The number of benzene rings is 1. The number of aromatic nitrogens is 1. The highest BCUT2D eigenvalue weighted by Gasteiger charge is 2.42. The van der Waals surface area contributed by atoms with E-state index in [4.69, 9.17) is 4.74 Å². The van der Waals surface area contributed by atoms with Crippen LogP contribution in [-0.2, 0) is 11.3 Å². The van der Waals surface area contributed by atoms with Crippen LogP contribution in [0.2, 0.25) is 0 Å². The quantitative estimate of drug-likeness (QED) is 0.872. The lowest BCUT2D eigenvalue weighted by Gasteiger charge is -2.18. The summed E-state index contributed by atoms with van der Waals surface area (Å²) in [6, 6.07) is 8.21. The number of para-hydroxylation sites is 1. The summed E-state index contributed by atoms with van der Waals surface area (Å²) in [7, 11) is 1.80. The first kappa shape index (κ1) is 14.8. The lowest BCUT2D eigenvalue weighted by molar-refractivity contribution is 0.0733. The van der Waals surface area contributed by atoms with Crippen LogP contribution in [0.25, 0.3) is 10.9 Å². The number of likely N-dealkylation sites (tertiary alicyclic amines) is 1. The Kier molecular flexibility index (Phi) is 3.64. The Morgan fingerprint density at radius 3 is 2.57 bits per heavy atom. The van der Waals surface area contributed by atoms with E-state index in [1.807, 2.05) is 18.3 Å². The molecule has 0 bridgehead atoms. The zero-order valence-electron chi connectivity index (χ0n) is 13.9. The second-order valence-corrected chi connectivity index (χ2v) is 6.91. The molecule has 1 saturated carbocycles. The summed E-state index contributed by atoms with van der Waals surface area (Å²) >= 11 is 0. The fraction of sp³-hybridized carbons (Fsp3) is 0.526. The van der Waals surface area contributed by atoms with E-state index in [0.717, 1.165) is 48.9 Å². The third-order valence-corrected chi connectivity index (χ3v) is 5.69. The molecule has 1 amide bonds. The van der Waals surface area contributed by atoms with E-state index in [1.165, 1.54) is 0 Å². The molecule has 1 saturated heterocycles. The summed E-state index contributed by atoms with van der Waals surface area (Å²) in [6.45, 7) is 4.77. The molecule has 1 unspecified atom stereocenters. The number of carbonyl (C=O) groups is 1. The molecular formula is C19H24N2O2. The van der Waals surface area contributed by atoms with Crippen LogP contribution in [0.1, 0.15) is 30.1 Å². The van der Waals surface area contributed by atoms with Gasteiger partial charge < -0.3 is 14.2 Å². The molecule has 3 atom stereocenters. The summed E-state index contributed by atoms with van der Waals surface area (Å²) in [5.41, 5.74) is 2.00. The van der Waals surface area contributed by atoms with Crippen LogP contribution in [0.4, 0.5) is 0 Å². The number of aryl methyl sites for hydroxylation is 1. The Morgan fingerprint density at radius 2 is 1.91 bits per heavy atom. The van der Waals surface area contributed by atoms with Crippen molar-refractivity contribution in [2.45, 2.75) is 32.4 Å². The summed E-state index contributed by atoms with van der Waals surface area (Å²) < 4.78 is 7.66. The van der Waals surface area contributed by atoms with Crippen molar-refractivity contribution in [1.29, 1.82) is 0 Å². The molecule has 2 aliphatic rings. The lowest BCUT2D eigenvalue weighted by atomic mass is 10.0. The maximum atomic E-state index is 13.1. The molecule has 23 heavy (non-hydrogen) atoms. The third kappa shape index (κ3) is 2.36. The van der Waals surface area contributed by atoms with Crippen LogP contribution in [0.5, 0.6) is 0 Å². The number of fused-ring (bicyclic) bond motifs is 2. The molecule has 0 radical (unpaired) electrons. The maximum Gasteiger partial charge on any atom is 0.256 e. The molecule has 2 fully saturated rings. The Balaban J connectivity index is 1.59. The number of amides is 1. The van der Waals surface area contributed by atoms with Gasteiger partial charge in [0.1, 0.15) is 0 Å². The molecule has 4 heteroatoms. The largest absolute Gasteiger partial charge is 0.381 e. The number of carbonyl (C=O) groups excluding carboxylic acids is 1. The van der Waals surface area contributed by atoms with E-state index in [9.17, 15) is 4.79 Å². The van der Waals surface area contributed by atoms with Gasteiger partial charge in [0.15, 0.2) is 0 Å². The van der Waals surface area contributed by atoms with Crippen LogP contribution in [0.3, 0.4) is 0 Å². The fourth-order valence-electron chi connectivity index (χ4n) is 4.45. The summed E-state index contributed by atoms with van der Waals surface area (Å²) in [5.74, 6) is 1.42. The van der Waals surface area contributed by atoms with E-state index in [1.54, 1.807) is 7.11 Å². The van der Waals surface area contributed by atoms with Gasteiger partial charge in [0, 0.05) is 43.8 Å². The van der Waals surface area contributed by atoms with Crippen molar-refractivity contribution in [3.63, 3.8) is 0 Å². The minimum atomic E-state index is 0.191. The highest BCUT2D eigenvalue weighted by Crippen LogP contribution is 2.40. The van der Waals surface area contributed by atoms with Crippen molar-refractivity contribution in [3.05, 3.63) is 36.0 Å². The normalized spacial score (nSPS) is 26.9. The molecule has 0 N–H and O–H groups in total. The number of rotatable bonds is 3. The van der Waals surface area contributed by atoms with Crippen LogP contribution in [0, 0.1) is 11.8 Å². The van der Waals surface area contributed by atoms with Gasteiger partial charge in [0.25, 0.3) is 5.91 Å². The van der Waals surface area contributed by atoms with E-state index in [2.05, 4.69) is 28.5 Å². The molecule has 4 nitrogen and oxygen atoms in total. The molecule has 1 aliphatic heterocycles. The molecule has 1 aromatic heterocycles. The number of ether oxygens (including phenoxy) is 1. The molecular weight excluding hydrogens is 288 g/mol. The van der Waals surface area contributed by atoms with Gasteiger partial charge in [0.2, 0.25) is 0 Å². The van der Waals surface area contributed by atoms with Gasteiger partial charge in [-0.1, -0.05) is 18.2 Å². The fourth-order valence-corrected chi connectivity index (χ4v) is 4.45. The van der Waals surface area contributed by atoms with Crippen molar-refractivity contribution in [3.8, 4) is 0 Å². The van der Waals surface area contributed by atoms with Crippen molar-refractivity contribution >= 4 is 16.8 Å². The first-order chi connectivity index (χ1) is 11.2. The first-order valence-corrected chi connectivity index (χ1v) is 8.61. The Hall–Kier alpha value is -1.81. The van der Waals surface area contributed by atoms with Gasteiger partial charge in [-0.05, 0) is 37.7 Å². The van der Waals surface area contributed by atoms with Gasteiger partial charge in [-0.3, -0.25) is 4.79 Å². The Bertz CT molecular complexity index is 722. The minimum absolute atomic E-state index is 0.191.